The van der Waals surface area contributed by atoms with Crippen LogP contribution in [-0.2, 0) is 0 Å². The molecule has 0 N–H and O–H groups in total. The van der Waals surface area contributed by atoms with Crippen molar-refractivity contribution < 1.29 is 4.79 Å². The number of thioether (sulfide) groups is 1. The Bertz CT molecular complexity index is 1240. The Morgan fingerprint density at radius 1 is 1.15 bits per heavy atom. The van der Waals surface area contributed by atoms with Crippen LogP contribution >= 0.6 is 35.0 Å². The average molecular weight is 498 g/mol. The largest absolute Gasteiger partial charge is 0.337 e. The van der Waals surface area contributed by atoms with E-state index in [9.17, 15) is 10.1 Å². The van der Waals surface area contributed by atoms with E-state index in [2.05, 4.69) is 11.0 Å². The quantitative estimate of drug-likeness (QED) is 0.400. The number of carbonyl (C=O) groups excluding carboxylic acids is 1. The van der Waals surface area contributed by atoms with Crippen molar-refractivity contribution in [2.45, 2.75) is 17.2 Å². The summed E-state index contributed by atoms with van der Waals surface area (Å²) in [6.45, 7) is 2.09. The molecule has 1 heterocycles. The van der Waals surface area contributed by atoms with E-state index in [1.807, 2.05) is 67.5 Å². The van der Waals surface area contributed by atoms with Gasteiger partial charge in [-0.05, 0) is 61.6 Å². The van der Waals surface area contributed by atoms with Crippen LogP contribution in [0.25, 0.3) is 10.8 Å². The summed E-state index contributed by atoms with van der Waals surface area (Å²) in [5, 5.41) is 12.6. The monoisotopic (exact) mass is 497 g/mol. The summed E-state index contributed by atoms with van der Waals surface area (Å²) in [6.07, 6.45) is 0.883. The molecule has 1 aliphatic heterocycles. The van der Waals surface area contributed by atoms with Gasteiger partial charge in [0.05, 0.1) is 21.2 Å². The van der Waals surface area contributed by atoms with Crippen LogP contribution < -0.4 is 0 Å². The number of amides is 1. The van der Waals surface area contributed by atoms with Gasteiger partial charge in [-0.25, -0.2) is 0 Å². The Morgan fingerprint density at radius 3 is 2.67 bits per heavy atom. The van der Waals surface area contributed by atoms with Gasteiger partial charge < -0.3 is 9.80 Å². The van der Waals surface area contributed by atoms with Crippen molar-refractivity contribution in [1.29, 1.82) is 5.26 Å². The van der Waals surface area contributed by atoms with Gasteiger partial charge in [0.1, 0.15) is 6.07 Å². The molecule has 1 amide bonds. The topological polar surface area (TPSA) is 47.3 Å². The van der Waals surface area contributed by atoms with Crippen LogP contribution in [0.4, 0.5) is 0 Å². The first-order valence-corrected chi connectivity index (χ1v) is 12.6. The van der Waals surface area contributed by atoms with E-state index in [1.165, 1.54) is 0 Å². The van der Waals surface area contributed by atoms with Gasteiger partial charge in [0.15, 0.2) is 0 Å². The molecule has 4 nitrogen and oxygen atoms in total. The molecule has 1 atom stereocenters. The van der Waals surface area contributed by atoms with E-state index in [4.69, 9.17) is 23.2 Å². The molecule has 170 valence electrons. The molecule has 4 rings (SSSR count). The minimum absolute atomic E-state index is 0.0155. The molecule has 0 saturated heterocycles. The number of nitriles is 1. The summed E-state index contributed by atoms with van der Waals surface area (Å²) in [5.41, 5.74) is 2.29. The molecule has 0 radical (unpaired) electrons. The third-order valence-corrected chi connectivity index (χ3v) is 7.85. The predicted molar refractivity (Wildman–Crippen MR) is 138 cm³/mol. The van der Waals surface area contributed by atoms with E-state index in [-0.39, 0.29) is 11.8 Å². The van der Waals surface area contributed by atoms with Crippen LogP contribution in [0.2, 0.25) is 10.0 Å². The van der Waals surface area contributed by atoms with Gasteiger partial charge in [-0.3, -0.25) is 4.79 Å². The zero-order chi connectivity index (χ0) is 23.5. The molecule has 0 fully saturated rings. The number of hydrogen-bond donors (Lipinski definition) is 0. The van der Waals surface area contributed by atoms with Crippen LogP contribution in [0.15, 0.2) is 53.4 Å². The van der Waals surface area contributed by atoms with Crippen molar-refractivity contribution in [2.75, 3.05) is 39.5 Å². The molecule has 0 aromatic heterocycles. The highest BCUT2D eigenvalue weighted by Crippen LogP contribution is 2.37. The summed E-state index contributed by atoms with van der Waals surface area (Å²) in [7, 11) is 4.09. The summed E-state index contributed by atoms with van der Waals surface area (Å²) in [5.74, 6) is 0.842. The van der Waals surface area contributed by atoms with Crippen molar-refractivity contribution in [3.8, 4) is 6.07 Å². The van der Waals surface area contributed by atoms with E-state index in [0.29, 0.717) is 34.3 Å². The second-order valence-electron chi connectivity index (χ2n) is 8.52. The Hall–Kier alpha value is -2.23. The number of benzene rings is 3. The molecule has 0 bridgehead atoms. The van der Waals surface area contributed by atoms with Crippen molar-refractivity contribution in [3.63, 3.8) is 0 Å². The van der Waals surface area contributed by atoms with Crippen LogP contribution in [0.1, 0.15) is 33.8 Å². The van der Waals surface area contributed by atoms with Crippen molar-refractivity contribution >= 4 is 51.6 Å². The predicted octanol–water partition coefficient (Wildman–Crippen LogP) is 6.30. The summed E-state index contributed by atoms with van der Waals surface area (Å²) in [6, 6.07) is 17.7. The summed E-state index contributed by atoms with van der Waals surface area (Å²) < 4.78 is 0. The Kier molecular flexibility index (Phi) is 7.51. The normalized spacial score (nSPS) is 14.8. The maximum Gasteiger partial charge on any atom is 0.255 e. The molecule has 33 heavy (non-hydrogen) atoms. The maximum atomic E-state index is 13.9. The highest BCUT2D eigenvalue weighted by Gasteiger charge is 2.29. The van der Waals surface area contributed by atoms with Gasteiger partial charge in [-0.15, -0.1) is 11.8 Å². The molecule has 0 aliphatic carbocycles. The van der Waals surface area contributed by atoms with Gasteiger partial charge in [0.25, 0.3) is 5.91 Å². The maximum absolute atomic E-state index is 13.9. The molecule has 3 aromatic rings. The van der Waals surface area contributed by atoms with Gasteiger partial charge in [0.2, 0.25) is 0 Å². The summed E-state index contributed by atoms with van der Waals surface area (Å²) in [4.78, 5) is 18.8. The van der Waals surface area contributed by atoms with E-state index < -0.39 is 0 Å². The lowest BCUT2D eigenvalue weighted by molar-refractivity contribution is 0.0754. The van der Waals surface area contributed by atoms with E-state index in [0.717, 1.165) is 39.9 Å². The number of fused-ring (bicyclic) bond motifs is 3. The standard InChI is InChI=1S/C26H25Cl2N3OS/c1-30(2)10-9-19(17-7-8-22(27)23(28)14-17)16-31-11-12-33-25-20(15-29)13-18-5-3-4-6-21(18)24(25)26(31)32/h3-8,13-14,19H,9-12,16H2,1-2H3. The molecular weight excluding hydrogens is 473 g/mol. The van der Waals surface area contributed by atoms with E-state index >= 15 is 0 Å². The fourth-order valence-corrected chi connectivity index (χ4v) is 5.70. The number of nitrogens with zero attached hydrogens (tertiary/aromatic N) is 3. The first-order valence-electron chi connectivity index (χ1n) is 10.9. The van der Waals surface area contributed by atoms with Gasteiger partial charge in [0, 0.05) is 29.7 Å². The lowest BCUT2D eigenvalue weighted by Gasteiger charge is -2.28. The van der Waals surface area contributed by atoms with Crippen molar-refractivity contribution in [1.82, 2.24) is 9.80 Å². The van der Waals surface area contributed by atoms with Crippen LogP contribution in [0, 0.1) is 11.3 Å². The van der Waals surface area contributed by atoms with Crippen LogP contribution in [0.3, 0.4) is 0 Å². The SMILES string of the molecule is CN(C)CCC(CN1CCSc2c(C#N)cc3ccccc3c2C1=O)c1ccc(Cl)c(Cl)c1. The third kappa shape index (κ3) is 5.15. The van der Waals surface area contributed by atoms with E-state index in [1.54, 1.807) is 11.8 Å². The first-order chi connectivity index (χ1) is 15.9. The Balaban J connectivity index is 1.73. The second-order valence-corrected chi connectivity index (χ2v) is 10.4. The zero-order valence-electron chi connectivity index (χ0n) is 18.6. The highest BCUT2D eigenvalue weighted by atomic mass is 35.5. The minimum Gasteiger partial charge on any atom is -0.337 e. The number of carbonyl (C=O) groups is 1. The van der Waals surface area contributed by atoms with Crippen LogP contribution in [-0.4, -0.2) is 55.2 Å². The lowest BCUT2D eigenvalue weighted by atomic mass is 9.94. The fourth-order valence-electron chi connectivity index (χ4n) is 4.28. The van der Waals surface area contributed by atoms with Crippen LogP contribution in [0.5, 0.6) is 0 Å². The van der Waals surface area contributed by atoms with Gasteiger partial charge in [-0.2, -0.15) is 5.26 Å². The lowest BCUT2D eigenvalue weighted by Crippen LogP contribution is -2.36. The minimum atomic E-state index is -0.0155. The third-order valence-electron chi connectivity index (χ3n) is 6.01. The van der Waals surface area contributed by atoms with Gasteiger partial charge >= 0.3 is 0 Å². The number of hydrogen-bond acceptors (Lipinski definition) is 4. The molecular formula is C26H25Cl2N3OS. The molecule has 7 heteroatoms. The first kappa shape index (κ1) is 23.9. The summed E-state index contributed by atoms with van der Waals surface area (Å²) >= 11 is 14.1. The molecule has 1 unspecified atom stereocenters. The Labute approximate surface area is 209 Å². The molecule has 3 aromatic carbocycles. The highest BCUT2D eigenvalue weighted by molar-refractivity contribution is 7.99. The second kappa shape index (κ2) is 10.4. The Morgan fingerprint density at radius 2 is 1.94 bits per heavy atom. The van der Waals surface area contributed by atoms with Gasteiger partial charge in [-0.1, -0.05) is 53.5 Å². The molecule has 0 saturated carbocycles. The smallest absolute Gasteiger partial charge is 0.255 e. The van der Waals surface area contributed by atoms with Crippen molar-refractivity contribution in [2.24, 2.45) is 0 Å². The average Bonchev–Trinajstić information content (AvgIpc) is 2.97. The number of rotatable bonds is 6. The molecule has 1 aliphatic rings. The molecule has 0 spiro atoms. The van der Waals surface area contributed by atoms with Crippen molar-refractivity contribution in [3.05, 3.63) is 75.3 Å². The zero-order valence-corrected chi connectivity index (χ0v) is 21.0. The number of halogens is 2. The fraction of sp³-hybridized carbons (Fsp3) is 0.308.